The molecule has 0 radical (unpaired) electrons. The lowest BCUT2D eigenvalue weighted by Crippen LogP contribution is -2.44. The molecule has 0 aromatic carbocycles. The number of aryl methyl sites for hydroxylation is 1. The normalized spacial score (nSPS) is 16.1. The zero-order valence-electron chi connectivity index (χ0n) is 11.8. The molecule has 0 aliphatic carbocycles. The fraction of sp³-hybridized carbons (Fsp3) is 0.615. The van der Waals surface area contributed by atoms with Crippen molar-refractivity contribution in [3.05, 3.63) is 27.9 Å². The summed E-state index contributed by atoms with van der Waals surface area (Å²) in [5, 5.41) is 17.2. The van der Waals surface area contributed by atoms with E-state index in [1.807, 2.05) is 0 Å². The van der Waals surface area contributed by atoms with Gasteiger partial charge in [0.2, 0.25) is 0 Å². The van der Waals surface area contributed by atoms with Gasteiger partial charge < -0.3 is 15.5 Å². The van der Waals surface area contributed by atoms with Crippen LogP contribution in [0.25, 0.3) is 0 Å². The molecule has 0 unspecified atom stereocenters. The minimum Gasteiger partial charge on any atom is -0.370 e. The van der Waals surface area contributed by atoms with Gasteiger partial charge in [0.15, 0.2) is 0 Å². The van der Waals surface area contributed by atoms with E-state index in [2.05, 4.69) is 20.5 Å². The number of nitrogens with zero attached hydrogens (tertiary/aromatic N) is 3. The Hall–Kier alpha value is -1.73. The van der Waals surface area contributed by atoms with E-state index in [0.717, 1.165) is 45.7 Å². The summed E-state index contributed by atoms with van der Waals surface area (Å²) in [6.45, 7) is 7.97. The molecule has 110 valence electrons. The van der Waals surface area contributed by atoms with E-state index < -0.39 is 4.92 Å². The highest BCUT2D eigenvalue weighted by Crippen LogP contribution is 2.18. The van der Waals surface area contributed by atoms with Crippen molar-refractivity contribution in [2.45, 2.75) is 13.3 Å². The van der Waals surface area contributed by atoms with Crippen LogP contribution in [0.5, 0.6) is 0 Å². The van der Waals surface area contributed by atoms with Crippen molar-refractivity contribution in [3.63, 3.8) is 0 Å². The van der Waals surface area contributed by atoms with Gasteiger partial charge in [-0.2, -0.15) is 0 Å². The van der Waals surface area contributed by atoms with Gasteiger partial charge in [0.25, 0.3) is 5.69 Å². The maximum Gasteiger partial charge on any atom is 0.290 e. The lowest BCUT2D eigenvalue weighted by Gasteiger charge is -2.27. The molecule has 1 aliphatic heterocycles. The Morgan fingerprint density at radius 1 is 1.50 bits per heavy atom. The summed E-state index contributed by atoms with van der Waals surface area (Å²) in [6.07, 6.45) is 2.35. The van der Waals surface area contributed by atoms with E-state index in [-0.39, 0.29) is 5.69 Å². The highest BCUT2D eigenvalue weighted by atomic mass is 16.6. The van der Waals surface area contributed by atoms with Gasteiger partial charge in [-0.15, -0.1) is 0 Å². The summed E-state index contributed by atoms with van der Waals surface area (Å²) in [7, 11) is 0. The van der Waals surface area contributed by atoms with Gasteiger partial charge in [0, 0.05) is 38.3 Å². The first-order valence-corrected chi connectivity index (χ1v) is 6.95. The lowest BCUT2D eigenvalue weighted by atomic mass is 10.2. The zero-order chi connectivity index (χ0) is 14.4. The van der Waals surface area contributed by atoms with Crippen molar-refractivity contribution in [2.75, 3.05) is 44.6 Å². The Morgan fingerprint density at radius 3 is 2.90 bits per heavy atom. The Labute approximate surface area is 118 Å². The Kier molecular flexibility index (Phi) is 5.25. The number of hydrogen-bond donors (Lipinski definition) is 2. The maximum atomic E-state index is 10.7. The summed E-state index contributed by atoms with van der Waals surface area (Å²) in [4.78, 5) is 16.8. The van der Waals surface area contributed by atoms with Crippen LogP contribution in [0.3, 0.4) is 0 Å². The van der Waals surface area contributed by atoms with E-state index in [1.165, 1.54) is 6.20 Å². The van der Waals surface area contributed by atoms with Gasteiger partial charge in [0.1, 0.15) is 12.0 Å². The standard InChI is InChI=1S/C13H21N5O2/c1-11-9-13(16-10-12(11)18(19)20)15-3-2-6-17-7-4-14-5-8-17/h9-10,14H,2-8H2,1H3,(H,15,16). The summed E-state index contributed by atoms with van der Waals surface area (Å²) < 4.78 is 0. The number of aromatic nitrogens is 1. The Morgan fingerprint density at radius 2 is 2.25 bits per heavy atom. The molecule has 1 aromatic rings. The van der Waals surface area contributed by atoms with Crippen LogP contribution in [-0.2, 0) is 0 Å². The number of hydrogen-bond acceptors (Lipinski definition) is 6. The largest absolute Gasteiger partial charge is 0.370 e. The van der Waals surface area contributed by atoms with Crippen LogP contribution in [0.4, 0.5) is 11.5 Å². The van der Waals surface area contributed by atoms with Gasteiger partial charge in [-0.25, -0.2) is 4.98 Å². The molecular weight excluding hydrogens is 258 g/mol. The highest BCUT2D eigenvalue weighted by Gasteiger charge is 2.11. The van der Waals surface area contributed by atoms with Crippen molar-refractivity contribution < 1.29 is 4.92 Å². The summed E-state index contributed by atoms with van der Waals surface area (Å²) in [6, 6.07) is 1.73. The fourth-order valence-electron chi connectivity index (χ4n) is 2.29. The average Bonchev–Trinajstić information content (AvgIpc) is 2.44. The first-order valence-electron chi connectivity index (χ1n) is 6.95. The van der Waals surface area contributed by atoms with Crippen molar-refractivity contribution in [1.29, 1.82) is 0 Å². The molecule has 0 atom stereocenters. The molecule has 1 aromatic heterocycles. The molecule has 1 saturated heterocycles. The summed E-state index contributed by atoms with van der Waals surface area (Å²) in [5.74, 6) is 0.702. The number of pyridine rings is 1. The fourth-order valence-corrected chi connectivity index (χ4v) is 2.29. The number of nitro groups is 1. The molecule has 2 N–H and O–H groups in total. The second-order valence-electron chi connectivity index (χ2n) is 4.99. The second kappa shape index (κ2) is 7.16. The predicted molar refractivity (Wildman–Crippen MR) is 78.0 cm³/mol. The SMILES string of the molecule is Cc1cc(NCCCN2CCNCC2)ncc1[N+](=O)[O-]. The van der Waals surface area contributed by atoms with Crippen LogP contribution in [0.15, 0.2) is 12.3 Å². The van der Waals surface area contributed by atoms with Crippen molar-refractivity contribution in [3.8, 4) is 0 Å². The third-order valence-electron chi connectivity index (χ3n) is 3.45. The Balaban J connectivity index is 1.73. The number of piperazine rings is 1. The van der Waals surface area contributed by atoms with Gasteiger partial charge in [-0.05, 0) is 26.0 Å². The van der Waals surface area contributed by atoms with Gasteiger partial charge >= 0.3 is 0 Å². The van der Waals surface area contributed by atoms with Crippen LogP contribution in [-0.4, -0.2) is 54.1 Å². The maximum absolute atomic E-state index is 10.7. The van der Waals surface area contributed by atoms with E-state index in [0.29, 0.717) is 11.4 Å². The molecule has 2 heterocycles. The predicted octanol–water partition coefficient (Wildman–Crippen LogP) is 1.01. The zero-order valence-corrected chi connectivity index (χ0v) is 11.8. The Bertz CT molecular complexity index is 460. The molecule has 0 amide bonds. The van der Waals surface area contributed by atoms with E-state index in [1.54, 1.807) is 13.0 Å². The van der Waals surface area contributed by atoms with Crippen LogP contribution < -0.4 is 10.6 Å². The minimum absolute atomic E-state index is 0.0661. The van der Waals surface area contributed by atoms with E-state index >= 15 is 0 Å². The van der Waals surface area contributed by atoms with Gasteiger partial charge in [-0.3, -0.25) is 10.1 Å². The molecule has 20 heavy (non-hydrogen) atoms. The number of nitrogens with one attached hydrogen (secondary N) is 2. The molecule has 1 aliphatic rings. The molecule has 0 saturated carbocycles. The molecule has 0 spiro atoms. The van der Waals surface area contributed by atoms with Crippen LogP contribution in [0.2, 0.25) is 0 Å². The first-order chi connectivity index (χ1) is 9.66. The number of anilines is 1. The van der Waals surface area contributed by atoms with Crippen LogP contribution in [0, 0.1) is 17.0 Å². The molecule has 2 rings (SSSR count). The minimum atomic E-state index is -0.406. The number of rotatable bonds is 6. The van der Waals surface area contributed by atoms with Gasteiger partial charge in [-0.1, -0.05) is 0 Å². The van der Waals surface area contributed by atoms with Crippen molar-refractivity contribution in [2.24, 2.45) is 0 Å². The topological polar surface area (TPSA) is 83.3 Å². The van der Waals surface area contributed by atoms with E-state index in [4.69, 9.17) is 0 Å². The summed E-state index contributed by atoms with van der Waals surface area (Å²) >= 11 is 0. The van der Waals surface area contributed by atoms with Crippen LogP contribution >= 0.6 is 0 Å². The molecule has 1 fully saturated rings. The second-order valence-corrected chi connectivity index (χ2v) is 4.99. The molecule has 0 bridgehead atoms. The average molecular weight is 279 g/mol. The first kappa shape index (κ1) is 14.7. The smallest absolute Gasteiger partial charge is 0.290 e. The van der Waals surface area contributed by atoms with Crippen molar-refractivity contribution in [1.82, 2.24) is 15.2 Å². The molecular formula is C13H21N5O2. The van der Waals surface area contributed by atoms with Gasteiger partial charge in [0.05, 0.1) is 4.92 Å². The van der Waals surface area contributed by atoms with Crippen molar-refractivity contribution >= 4 is 11.5 Å². The third kappa shape index (κ3) is 4.14. The molecule has 7 nitrogen and oxygen atoms in total. The monoisotopic (exact) mass is 279 g/mol. The lowest BCUT2D eigenvalue weighted by molar-refractivity contribution is -0.385. The van der Waals surface area contributed by atoms with Crippen LogP contribution in [0.1, 0.15) is 12.0 Å². The molecule has 7 heteroatoms. The quantitative estimate of drug-likeness (QED) is 0.459. The van der Waals surface area contributed by atoms with E-state index in [9.17, 15) is 10.1 Å². The highest BCUT2D eigenvalue weighted by molar-refractivity contribution is 5.46. The third-order valence-corrected chi connectivity index (χ3v) is 3.45. The summed E-state index contributed by atoms with van der Waals surface area (Å²) in [5.41, 5.74) is 0.700.